The smallest absolute Gasteiger partial charge is 0.273 e. The van der Waals surface area contributed by atoms with Crippen molar-refractivity contribution >= 4 is 17.9 Å². The fraction of sp³-hybridized carbons (Fsp3) is 0.429. The Morgan fingerprint density at radius 3 is 2.68 bits per heavy atom. The Kier molecular flexibility index (Phi) is 5.04. The van der Waals surface area contributed by atoms with Gasteiger partial charge in [0.25, 0.3) is 5.69 Å². The number of para-hydroxylation sites is 1. The Hall–Kier alpha value is -2.06. The fourth-order valence-corrected chi connectivity index (χ4v) is 2.56. The Morgan fingerprint density at radius 2 is 2.09 bits per heavy atom. The van der Waals surface area contributed by atoms with Crippen LogP contribution >= 0.6 is 12.2 Å². The molecule has 118 valence electrons. The quantitative estimate of drug-likeness (QED) is 0.465. The van der Waals surface area contributed by atoms with Gasteiger partial charge in [-0.3, -0.25) is 15.0 Å². The summed E-state index contributed by atoms with van der Waals surface area (Å²) in [7, 11) is 1.88. The minimum absolute atomic E-state index is 0.130. The zero-order valence-electron chi connectivity index (χ0n) is 12.8. The summed E-state index contributed by atoms with van der Waals surface area (Å²) in [5.74, 6) is 0. The van der Waals surface area contributed by atoms with Crippen LogP contribution in [0.5, 0.6) is 0 Å². The number of hydrogen-bond acceptors (Lipinski definition) is 5. The van der Waals surface area contributed by atoms with Crippen LogP contribution in [0.15, 0.2) is 30.6 Å². The molecule has 1 aromatic heterocycles. The van der Waals surface area contributed by atoms with E-state index in [2.05, 4.69) is 5.10 Å². The summed E-state index contributed by atoms with van der Waals surface area (Å²) in [6.45, 7) is 5.01. The SMILES string of the molecule is CC(C)n1cnn(CN(C)Cc2ccccc2[N+](=O)[O-])c1=S. The predicted molar refractivity (Wildman–Crippen MR) is 86.0 cm³/mol. The van der Waals surface area contributed by atoms with E-state index in [-0.39, 0.29) is 16.7 Å². The largest absolute Gasteiger partial charge is 0.304 e. The molecule has 0 bridgehead atoms. The second-order valence-electron chi connectivity index (χ2n) is 5.46. The monoisotopic (exact) mass is 321 g/mol. The lowest BCUT2D eigenvalue weighted by Gasteiger charge is -2.16. The molecule has 0 aliphatic carbocycles. The van der Waals surface area contributed by atoms with E-state index >= 15 is 0 Å². The van der Waals surface area contributed by atoms with E-state index in [1.807, 2.05) is 30.4 Å². The van der Waals surface area contributed by atoms with Crippen molar-refractivity contribution in [3.63, 3.8) is 0 Å². The average Bonchev–Trinajstić information content (AvgIpc) is 2.80. The highest BCUT2D eigenvalue weighted by atomic mass is 32.1. The highest BCUT2D eigenvalue weighted by molar-refractivity contribution is 7.71. The molecule has 0 unspecified atom stereocenters. The van der Waals surface area contributed by atoms with Gasteiger partial charge in [0, 0.05) is 24.2 Å². The molecule has 0 saturated heterocycles. The normalized spacial score (nSPS) is 11.3. The minimum atomic E-state index is -0.359. The van der Waals surface area contributed by atoms with Gasteiger partial charge in [0.05, 0.1) is 11.6 Å². The molecule has 1 heterocycles. The zero-order valence-corrected chi connectivity index (χ0v) is 13.7. The zero-order chi connectivity index (χ0) is 16.3. The van der Waals surface area contributed by atoms with Gasteiger partial charge in [0.1, 0.15) is 6.33 Å². The average molecular weight is 321 g/mol. The summed E-state index contributed by atoms with van der Waals surface area (Å²) in [6, 6.07) is 7.00. The Labute approximate surface area is 133 Å². The molecule has 0 amide bonds. The van der Waals surface area contributed by atoms with Crippen molar-refractivity contribution in [3.8, 4) is 0 Å². The number of rotatable bonds is 6. The molecule has 7 nitrogen and oxygen atoms in total. The molecule has 22 heavy (non-hydrogen) atoms. The molecular formula is C14H19N5O2S. The molecule has 8 heteroatoms. The molecule has 0 fully saturated rings. The van der Waals surface area contributed by atoms with E-state index in [1.165, 1.54) is 6.07 Å². The maximum absolute atomic E-state index is 11.0. The fourth-order valence-electron chi connectivity index (χ4n) is 2.19. The lowest BCUT2D eigenvalue weighted by Crippen LogP contribution is -2.23. The van der Waals surface area contributed by atoms with Crippen molar-refractivity contribution in [2.24, 2.45) is 0 Å². The third kappa shape index (κ3) is 3.58. The summed E-state index contributed by atoms with van der Waals surface area (Å²) >= 11 is 5.38. The van der Waals surface area contributed by atoms with Crippen molar-refractivity contribution in [3.05, 3.63) is 51.0 Å². The summed E-state index contributed by atoms with van der Waals surface area (Å²) in [5, 5.41) is 15.3. The molecule has 0 spiro atoms. The topological polar surface area (TPSA) is 69.1 Å². The number of nitrogens with zero attached hydrogens (tertiary/aromatic N) is 5. The van der Waals surface area contributed by atoms with Gasteiger partial charge in [-0.2, -0.15) is 5.10 Å². The Morgan fingerprint density at radius 1 is 1.41 bits per heavy atom. The maximum atomic E-state index is 11.0. The van der Waals surface area contributed by atoms with Gasteiger partial charge in [0.15, 0.2) is 4.77 Å². The van der Waals surface area contributed by atoms with Gasteiger partial charge >= 0.3 is 0 Å². The van der Waals surface area contributed by atoms with E-state index in [0.29, 0.717) is 23.5 Å². The van der Waals surface area contributed by atoms with Crippen molar-refractivity contribution in [1.29, 1.82) is 0 Å². The van der Waals surface area contributed by atoms with Gasteiger partial charge < -0.3 is 4.57 Å². The molecule has 0 atom stereocenters. The summed E-state index contributed by atoms with van der Waals surface area (Å²) in [6.07, 6.45) is 1.71. The molecule has 2 rings (SSSR count). The molecule has 0 aliphatic heterocycles. The van der Waals surface area contributed by atoms with Crippen LogP contribution in [-0.2, 0) is 13.2 Å². The highest BCUT2D eigenvalue weighted by Crippen LogP contribution is 2.19. The van der Waals surface area contributed by atoms with E-state index in [9.17, 15) is 10.1 Å². The van der Waals surface area contributed by atoms with E-state index in [0.717, 1.165) is 0 Å². The molecule has 2 aromatic rings. The lowest BCUT2D eigenvalue weighted by molar-refractivity contribution is -0.385. The van der Waals surface area contributed by atoms with Gasteiger partial charge in [-0.05, 0) is 33.1 Å². The standard InChI is InChI=1S/C14H19N5O2S/c1-11(2)17-9-15-18(14(17)22)10-16(3)8-12-6-4-5-7-13(12)19(20)21/h4-7,9,11H,8,10H2,1-3H3. The van der Waals surface area contributed by atoms with Crippen LogP contribution in [-0.4, -0.2) is 31.2 Å². The molecule has 0 saturated carbocycles. The van der Waals surface area contributed by atoms with Crippen LogP contribution in [0, 0.1) is 14.9 Å². The molecule has 1 aromatic carbocycles. The first-order valence-corrected chi connectivity index (χ1v) is 7.35. The third-order valence-electron chi connectivity index (χ3n) is 3.32. The van der Waals surface area contributed by atoms with Crippen LogP contribution in [0.2, 0.25) is 0 Å². The molecule has 0 N–H and O–H groups in total. The van der Waals surface area contributed by atoms with Crippen molar-refractivity contribution in [2.45, 2.75) is 33.1 Å². The number of hydrogen-bond donors (Lipinski definition) is 0. The molecule has 0 aliphatic rings. The van der Waals surface area contributed by atoms with E-state index in [4.69, 9.17) is 12.2 Å². The van der Waals surface area contributed by atoms with Gasteiger partial charge in [0.2, 0.25) is 0 Å². The number of benzene rings is 1. The van der Waals surface area contributed by atoms with Crippen LogP contribution in [0.1, 0.15) is 25.5 Å². The number of aromatic nitrogens is 3. The Balaban J connectivity index is 2.13. The predicted octanol–water partition coefficient (Wildman–Crippen LogP) is 2.99. The number of nitro groups is 1. The minimum Gasteiger partial charge on any atom is -0.304 e. The first-order valence-electron chi connectivity index (χ1n) is 6.95. The second-order valence-corrected chi connectivity index (χ2v) is 5.82. The first kappa shape index (κ1) is 16.3. The van der Waals surface area contributed by atoms with Gasteiger partial charge in [-0.1, -0.05) is 18.2 Å². The van der Waals surface area contributed by atoms with Gasteiger partial charge in [-0.15, -0.1) is 0 Å². The summed E-state index contributed by atoms with van der Waals surface area (Å²) in [5.41, 5.74) is 0.801. The van der Waals surface area contributed by atoms with Gasteiger partial charge in [-0.25, -0.2) is 4.68 Å². The van der Waals surface area contributed by atoms with Crippen LogP contribution in [0.25, 0.3) is 0 Å². The van der Waals surface area contributed by atoms with E-state index in [1.54, 1.807) is 29.2 Å². The third-order valence-corrected chi connectivity index (χ3v) is 3.74. The Bertz CT molecular complexity index is 722. The second kappa shape index (κ2) is 6.80. The van der Waals surface area contributed by atoms with Crippen LogP contribution in [0.4, 0.5) is 5.69 Å². The molecular weight excluding hydrogens is 302 g/mol. The van der Waals surface area contributed by atoms with Crippen LogP contribution in [0.3, 0.4) is 0 Å². The van der Waals surface area contributed by atoms with Crippen molar-refractivity contribution in [1.82, 2.24) is 19.2 Å². The van der Waals surface area contributed by atoms with Crippen molar-refractivity contribution in [2.75, 3.05) is 7.05 Å². The summed E-state index contributed by atoms with van der Waals surface area (Å²) in [4.78, 5) is 12.6. The summed E-state index contributed by atoms with van der Waals surface area (Å²) < 4.78 is 4.27. The molecule has 0 radical (unpaired) electrons. The van der Waals surface area contributed by atoms with E-state index < -0.39 is 0 Å². The van der Waals surface area contributed by atoms with Crippen molar-refractivity contribution < 1.29 is 4.92 Å². The highest BCUT2D eigenvalue weighted by Gasteiger charge is 2.14. The number of nitro benzene ring substituents is 1. The maximum Gasteiger partial charge on any atom is 0.273 e. The first-order chi connectivity index (χ1) is 10.4. The van der Waals surface area contributed by atoms with Crippen LogP contribution < -0.4 is 0 Å². The lowest BCUT2D eigenvalue weighted by atomic mass is 10.2.